The largest absolute Gasteiger partial charge is 0.481 e. The van der Waals surface area contributed by atoms with Crippen molar-refractivity contribution in [1.29, 1.82) is 0 Å². The highest BCUT2D eigenvalue weighted by molar-refractivity contribution is 5.69. The molecule has 1 aromatic heterocycles. The minimum Gasteiger partial charge on any atom is -0.481 e. The Balaban J connectivity index is 2.28. The van der Waals surface area contributed by atoms with Crippen molar-refractivity contribution in [3.05, 3.63) is 12.4 Å². The summed E-state index contributed by atoms with van der Waals surface area (Å²) < 4.78 is 4.96. The summed E-state index contributed by atoms with van der Waals surface area (Å²) in [5.41, 5.74) is 0. The standard InChI is InChI=1S/C11H17N3O3/c1-8(11(15)16)4-3-5-12-9-6-10(17-2)14-7-13-9/h6-8H,3-5H2,1-2H3,(H,15,16)(H,12,13,14). The van der Waals surface area contributed by atoms with Crippen molar-refractivity contribution in [1.82, 2.24) is 9.97 Å². The maximum absolute atomic E-state index is 10.6. The molecule has 17 heavy (non-hydrogen) atoms. The molecular weight excluding hydrogens is 222 g/mol. The van der Waals surface area contributed by atoms with Gasteiger partial charge in [0, 0.05) is 12.6 Å². The SMILES string of the molecule is COc1cc(NCCCC(C)C(=O)O)ncn1. The summed E-state index contributed by atoms with van der Waals surface area (Å²) in [5, 5.41) is 11.8. The first-order valence-corrected chi connectivity index (χ1v) is 5.46. The number of carboxylic acids is 1. The van der Waals surface area contributed by atoms with Gasteiger partial charge < -0.3 is 15.2 Å². The van der Waals surface area contributed by atoms with E-state index in [0.29, 0.717) is 24.7 Å². The van der Waals surface area contributed by atoms with Crippen LogP contribution >= 0.6 is 0 Å². The van der Waals surface area contributed by atoms with E-state index in [1.807, 2.05) is 0 Å². The van der Waals surface area contributed by atoms with Crippen molar-refractivity contribution in [2.45, 2.75) is 19.8 Å². The predicted octanol–water partition coefficient (Wildman–Crippen LogP) is 1.40. The van der Waals surface area contributed by atoms with Gasteiger partial charge in [-0.15, -0.1) is 0 Å². The molecule has 1 unspecified atom stereocenters. The van der Waals surface area contributed by atoms with E-state index in [-0.39, 0.29) is 5.92 Å². The van der Waals surface area contributed by atoms with Crippen LogP contribution in [0.15, 0.2) is 12.4 Å². The lowest BCUT2D eigenvalue weighted by molar-refractivity contribution is -0.141. The van der Waals surface area contributed by atoms with E-state index >= 15 is 0 Å². The average molecular weight is 239 g/mol. The monoisotopic (exact) mass is 239 g/mol. The number of ether oxygens (including phenoxy) is 1. The molecule has 1 atom stereocenters. The Morgan fingerprint density at radius 1 is 1.59 bits per heavy atom. The van der Waals surface area contributed by atoms with Gasteiger partial charge in [-0.2, -0.15) is 0 Å². The minimum atomic E-state index is -0.756. The second kappa shape index (κ2) is 6.67. The molecule has 6 nitrogen and oxygen atoms in total. The fraction of sp³-hybridized carbons (Fsp3) is 0.545. The summed E-state index contributed by atoms with van der Waals surface area (Å²) in [7, 11) is 1.54. The highest BCUT2D eigenvalue weighted by atomic mass is 16.5. The lowest BCUT2D eigenvalue weighted by Gasteiger charge is -2.08. The van der Waals surface area contributed by atoms with Gasteiger partial charge in [0.05, 0.1) is 13.0 Å². The number of carbonyl (C=O) groups is 1. The van der Waals surface area contributed by atoms with Gasteiger partial charge in [-0.05, 0) is 12.8 Å². The van der Waals surface area contributed by atoms with Crippen LogP contribution in [0, 0.1) is 5.92 Å². The maximum Gasteiger partial charge on any atom is 0.306 e. The highest BCUT2D eigenvalue weighted by Gasteiger charge is 2.09. The molecule has 0 aliphatic rings. The van der Waals surface area contributed by atoms with E-state index in [1.165, 1.54) is 6.33 Å². The molecule has 94 valence electrons. The molecule has 0 bridgehead atoms. The number of methoxy groups -OCH3 is 1. The molecule has 0 aliphatic carbocycles. The minimum absolute atomic E-state index is 0.309. The third kappa shape index (κ3) is 4.67. The number of aliphatic carboxylic acids is 1. The van der Waals surface area contributed by atoms with Crippen LogP contribution in [0.5, 0.6) is 5.88 Å². The van der Waals surface area contributed by atoms with Crippen LogP contribution in [0.4, 0.5) is 5.82 Å². The molecule has 0 saturated carbocycles. The van der Waals surface area contributed by atoms with Gasteiger partial charge in [-0.1, -0.05) is 6.92 Å². The van der Waals surface area contributed by atoms with E-state index in [4.69, 9.17) is 9.84 Å². The number of hydrogen-bond acceptors (Lipinski definition) is 5. The lowest BCUT2D eigenvalue weighted by Crippen LogP contribution is -2.12. The summed E-state index contributed by atoms with van der Waals surface area (Å²) in [6.07, 6.45) is 2.84. The number of aromatic nitrogens is 2. The zero-order valence-electron chi connectivity index (χ0n) is 10.0. The summed E-state index contributed by atoms with van der Waals surface area (Å²) in [4.78, 5) is 18.5. The smallest absolute Gasteiger partial charge is 0.306 e. The fourth-order valence-corrected chi connectivity index (χ4v) is 1.30. The van der Waals surface area contributed by atoms with Gasteiger partial charge >= 0.3 is 5.97 Å². The van der Waals surface area contributed by atoms with Crippen molar-refractivity contribution >= 4 is 11.8 Å². The molecule has 6 heteroatoms. The molecule has 1 aromatic rings. The van der Waals surface area contributed by atoms with E-state index < -0.39 is 5.97 Å². The molecule has 0 spiro atoms. The maximum atomic E-state index is 10.6. The van der Waals surface area contributed by atoms with Crippen LogP contribution in [-0.4, -0.2) is 34.7 Å². The van der Waals surface area contributed by atoms with Gasteiger partial charge in [0.15, 0.2) is 0 Å². The van der Waals surface area contributed by atoms with E-state index in [0.717, 1.165) is 6.42 Å². The fourth-order valence-electron chi connectivity index (χ4n) is 1.30. The molecule has 0 aromatic carbocycles. The Kier molecular flexibility index (Phi) is 5.19. The van der Waals surface area contributed by atoms with Crippen molar-refractivity contribution < 1.29 is 14.6 Å². The molecule has 2 N–H and O–H groups in total. The van der Waals surface area contributed by atoms with Gasteiger partial charge in [0.2, 0.25) is 5.88 Å². The first-order valence-electron chi connectivity index (χ1n) is 5.46. The Morgan fingerprint density at radius 3 is 3.00 bits per heavy atom. The lowest BCUT2D eigenvalue weighted by atomic mass is 10.1. The first-order chi connectivity index (χ1) is 8.13. The topological polar surface area (TPSA) is 84.3 Å². The summed E-state index contributed by atoms with van der Waals surface area (Å²) in [6.45, 7) is 2.38. The number of hydrogen-bond donors (Lipinski definition) is 2. The van der Waals surface area contributed by atoms with Gasteiger partial charge in [0.25, 0.3) is 0 Å². The average Bonchev–Trinajstić information content (AvgIpc) is 2.34. The van der Waals surface area contributed by atoms with Gasteiger partial charge in [0.1, 0.15) is 12.1 Å². The number of nitrogens with one attached hydrogen (secondary N) is 1. The molecule has 0 amide bonds. The van der Waals surface area contributed by atoms with Gasteiger partial charge in [-0.25, -0.2) is 9.97 Å². The Bertz CT molecular complexity index is 371. The second-order valence-electron chi connectivity index (χ2n) is 3.75. The van der Waals surface area contributed by atoms with Gasteiger partial charge in [-0.3, -0.25) is 4.79 Å². The molecular formula is C11H17N3O3. The summed E-state index contributed by atoms with van der Waals surface area (Å²) in [6, 6.07) is 1.70. The Morgan fingerprint density at radius 2 is 2.35 bits per heavy atom. The molecule has 0 fully saturated rings. The normalized spacial score (nSPS) is 11.9. The van der Waals surface area contributed by atoms with Crippen LogP contribution in [-0.2, 0) is 4.79 Å². The quantitative estimate of drug-likeness (QED) is 0.700. The van der Waals surface area contributed by atoms with Crippen LogP contribution in [0.2, 0.25) is 0 Å². The first kappa shape index (κ1) is 13.2. The molecule has 0 aliphatic heterocycles. The molecule has 1 heterocycles. The molecule has 1 rings (SSSR count). The predicted molar refractivity (Wildman–Crippen MR) is 63.1 cm³/mol. The van der Waals surface area contributed by atoms with Crippen LogP contribution in [0.3, 0.4) is 0 Å². The number of anilines is 1. The second-order valence-corrected chi connectivity index (χ2v) is 3.75. The zero-order valence-corrected chi connectivity index (χ0v) is 10.0. The van der Waals surface area contributed by atoms with Crippen molar-refractivity contribution in [2.24, 2.45) is 5.92 Å². The van der Waals surface area contributed by atoms with Crippen LogP contribution < -0.4 is 10.1 Å². The Labute approximate surface area is 100 Å². The van der Waals surface area contributed by atoms with Crippen molar-refractivity contribution in [3.63, 3.8) is 0 Å². The highest BCUT2D eigenvalue weighted by Crippen LogP contribution is 2.11. The summed E-state index contributed by atoms with van der Waals surface area (Å²) in [5.74, 6) is 0.117. The van der Waals surface area contributed by atoms with Crippen molar-refractivity contribution in [2.75, 3.05) is 19.0 Å². The Hall–Kier alpha value is -1.85. The number of nitrogens with zero attached hydrogens (tertiary/aromatic N) is 2. The van der Waals surface area contributed by atoms with E-state index in [1.54, 1.807) is 20.1 Å². The molecule has 0 saturated heterocycles. The number of rotatable bonds is 7. The van der Waals surface area contributed by atoms with E-state index in [9.17, 15) is 4.79 Å². The third-order valence-corrected chi connectivity index (χ3v) is 2.39. The van der Waals surface area contributed by atoms with Crippen LogP contribution in [0.25, 0.3) is 0 Å². The zero-order chi connectivity index (χ0) is 12.7. The van der Waals surface area contributed by atoms with Crippen molar-refractivity contribution in [3.8, 4) is 5.88 Å². The molecule has 0 radical (unpaired) electrons. The summed E-state index contributed by atoms with van der Waals surface area (Å²) >= 11 is 0. The number of carboxylic acid groups (broad SMARTS) is 1. The van der Waals surface area contributed by atoms with E-state index in [2.05, 4.69) is 15.3 Å². The third-order valence-electron chi connectivity index (χ3n) is 2.39. The van der Waals surface area contributed by atoms with Crippen LogP contribution in [0.1, 0.15) is 19.8 Å².